The molecule has 1 atom stereocenters. The summed E-state index contributed by atoms with van der Waals surface area (Å²) < 4.78 is 11.5. The van der Waals surface area contributed by atoms with Crippen LogP contribution in [0.1, 0.15) is 5.56 Å². The first-order valence-electron chi connectivity index (χ1n) is 5.37. The van der Waals surface area contributed by atoms with Crippen molar-refractivity contribution in [3.05, 3.63) is 41.3 Å². The van der Waals surface area contributed by atoms with Gasteiger partial charge in [-0.1, -0.05) is 30.3 Å². The quantitative estimate of drug-likeness (QED) is 0.623. The van der Waals surface area contributed by atoms with Crippen LogP contribution in [0, 0.1) is 0 Å². The molecule has 1 aliphatic rings. The summed E-state index contributed by atoms with van der Waals surface area (Å²) in [5.74, 6) is -0.922. The van der Waals surface area contributed by atoms with E-state index in [1.807, 2.05) is 0 Å². The molecule has 8 heteroatoms. The van der Waals surface area contributed by atoms with Gasteiger partial charge in [0.1, 0.15) is 11.5 Å². The third kappa shape index (κ3) is 3.19. The lowest BCUT2D eigenvalue weighted by Gasteiger charge is -2.27. The number of carbonyl (C=O) groups is 1. The molecule has 0 unspecified atom stereocenters. The van der Waals surface area contributed by atoms with Crippen LogP contribution in [0.2, 0.25) is 0 Å². The Morgan fingerprint density at radius 2 is 1.95 bits per heavy atom. The fourth-order valence-electron chi connectivity index (χ4n) is 1.67. The van der Waals surface area contributed by atoms with E-state index in [9.17, 15) is 19.1 Å². The van der Waals surface area contributed by atoms with Gasteiger partial charge in [-0.05, 0) is 5.56 Å². The Labute approximate surface area is 113 Å². The van der Waals surface area contributed by atoms with Crippen LogP contribution >= 0.6 is 19.4 Å². The van der Waals surface area contributed by atoms with Gasteiger partial charge in [-0.2, -0.15) is 0 Å². The molecule has 6 nitrogen and oxygen atoms in total. The first-order valence-corrected chi connectivity index (χ1v) is 7.97. The van der Waals surface area contributed by atoms with Crippen LogP contribution in [0.15, 0.2) is 35.8 Å². The molecule has 1 aromatic carbocycles. The summed E-state index contributed by atoms with van der Waals surface area (Å²) in [6, 6.07) is 7.75. The van der Waals surface area contributed by atoms with Crippen molar-refractivity contribution in [3.8, 4) is 0 Å². The number of aliphatic carboxylic acids is 1. The van der Waals surface area contributed by atoms with E-state index in [4.69, 9.17) is 5.11 Å². The molecule has 0 amide bonds. The second kappa shape index (κ2) is 5.38. The first kappa shape index (κ1) is 14.1. The Bertz CT molecular complexity index is 568. The molecule has 102 valence electrons. The Hall–Kier alpha value is -1.27. The highest BCUT2D eigenvalue weighted by atomic mass is 32.2. The van der Waals surface area contributed by atoms with Crippen LogP contribution in [0.5, 0.6) is 0 Å². The Balaban J connectivity index is 2.47. The van der Waals surface area contributed by atoms with Gasteiger partial charge in [0.15, 0.2) is 0 Å². The summed E-state index contributed by atoms with van der Waals surface area (Å²) in [6.07, 6.45) is 0. The molecule has 0 fully saturated rings. The molecule has 0 saturated carbocycles. The average molecular weight is 301 g/mol. The number of hydrogen-bond donors (Lipinski definition) is 4. The maximum absolute atomic E-state index is 11.5. The Morgan fingerprint density at radius 3 is 2.47 bits per heavy atom. The number of hydrogen-bond acceptors (Lipinski definition) is 4. The molecule has 19 heavy (non-hydrogen) atoms. The maximum Gasteiger partial charge on any atom is 0.373 e. The van der Waals surface area contributed by atoms with Crippen molar-refractivity contribution in [1.82, 2.24) is 5.32 Å². The first-order chi connectivity index (χ1) is 8.89. The van der Waals surface area contributed by atoms with Gasteiger partial charge in [-0.25, -0.2) is 4.79 Å². The lowest BCUT2D eigenvalue weighted by atomic mass is 10.2. The lowest BCUT2D eigenvalue weighted by Crippen LogP contribution is -2.40. The summed E-state index contributed by atoms with van der Waals surface area (Å²) in [5, 5.41) is 11.4. The summed E-state index contributed by atoms with van der Waals surface area (Å²) in [7, 11) is -4.56. The number of nitrogens with one attached hydrogen (secondary N) is 1. The van der Waals surface area contributed by atoms with E-state index in [0.29, 0.717) is 10.5 Å². The van der Waals surface area contributed by atoms with Crippen molar-refractivity contribution < 1.29 is 24.3 Å². The van der Waals surface area contributed by atoms with E-state index in [1.54, 1.807) is 30.3 Å². The normalized spacial score (nSPS) is 20.0. The fraction of sp³-hybridized carbons (Fsp3) is 0.182. The number of benzene rings is 1. The Morgan fingerprint density at radius 1 is 1.32 bits per heavy atom. The van der Waals surface area contributed by atoms with Gasteiger partial charge < -0.3 is 20.2 Å². The van der Waals surface area contributed by atoms with E-state index in [1.165, 1.54) is 0 Å². The zero-order chi connectivity index (χ0) is 14.0. The monoisotopic (exact) mass is 301 g/mol. The van der Waals surface area contributed by atoms with Crippen molar-refractivity contribution in [1.29, 1.82) is 0 Å². The van der Waals surface area contributed by atoms with Crippen molar-refractivity contribution in [2.24, 2.45) is 0 Å². The fourth-order valence-corrected chi connectivity index (χ4v) is 3.99. The molecule has 0 bridgehead atoms. The molecule has 2 rings (SSSR count). The van der Waals surface area contributed by atoms with Gasteiger partial charge in [0.2, 0.25) is 0 Å². The van der Waals surface area contributed by atoms with E-state index >= 15 is 0 Å². The molecular formula is C11H12NO5PS. The molecule has 1 aliphatic heterocycles. The highest BCUT2D eigenvalue weighted by Crippen LogP contribution is 2.51. The van der Waals surface area contributed by atoms with Crippen molar-refractivity contribution in [2.75, 3.05) is 5.75 Å². The van der Waals surface area contributed by atoms with Crippen molar-refractivity contribution in [2.45, 2.75) is 6.04 Å². The number of carboxylic acids is 1. The zero-order valence-electron chi connectivity index (χ0n) is 9.68. The SMILES string of the molecule is O=C(O)[C@@H]1CSC(c2ccccc2)=C(P(=O)(O)O)N1. The summed E-state index contributed by atoms with van der Waals surface area (Å²) in [4.78, 5) is 30.0. The smallest absolute Gasteiger partial charge is 0.373 e. The van der Waals surface area contributed by atoms with Crippen LogP contribution < -0.4 is 5.32 Å². The molecular weight excluding hydrogens is 289 g/mol. The molecule has 0 spiro atoms. The standard InChI is InChI=1S/C11H12NO5PS/c13-11(14)8-6-19-9(7-4-2-1-3-5-7)10(12-8)18(15,16)17/h1-5,8,12H,6H2,(H,13,14)(H2,15,16,17)/t8-/m0/s1. The van der Waals surface area contributed by atoms with E-state index in [0.717, 1.165) is 11.8 Å². The molecule has 4 N–H and O–H groups in total. The predicted octanol–water partition coefficient (Wildman–Crippen LogP) is 1.28. The predicted molar refractivity (Wildman–Crippen MR) is 72.4 cm³/mol. The third-order valence-electron chi connectivity index (χ3n) is 2.55. The molecule has 1 heterocycles. The minimum atomic E-state index is -4.56. The average Bonchev–Trinajstić information content (AvgIpc) is 2.38. The molecule has 0 saturated heterocycles. The minimum Gasteiger partial charge on any atom is -0.480 e. The second-order valence-corrected chi connectivity index (χ2v) is 6.50. The Kier molecular flexibility index (Phi) is 4.01. The van der Waals surface area contributed by atoms with Crippen molar-refractivity contribution in [3.63, 3.8) is 0 Å². The maximum atomic E-state index is 11.5. The van der Waals surface area contributed by atoms with Crippen LogP contribution in [0.3, 0.4) is 0 Å². The zero-order valence-corrected chi connectivity index (χ0v) is 11.4. The van der Waals surface area contributed by atoms with Crippen LogP contribution in [0.25, 0.3) is 4.91 Å². The van der Waals surface area contributed by atoms with Gasteiger partial charge in [0, 0.05) is 10.7 Å². The second-order valence-electron chi connectivity index (χ2n) is 3.93. The molecule has 0 aromatic heterocycles. The van der Waals surface area contributed by atoms with Gasteiger partial charge in [-0.3, -0.25) is 4.57 Å². The molecule has 1 aromatic rings. The molecule has 0 radical (unpaired) electrons. The summed E-state index contributed by atoms with van der Waals surface area (Å²) in [6.45, 7) is 0. The number of carboxylic acid groups (broad SMARTS) is 1. The van der Waals surface area contributed by atoms with Gasteiger partial charge in [0.25, 0.3) is 0 Å². The summed E-state index contributed by atoms with van der Waals surface area (Å²) in [5.41, 5.74) is 0.338. The van der Waals surface area contributed by atoms with Gasteiger partial charge in [-0.15, -0.1) is 11.8 Å². The van der Waals surface area contributed by atoms with Crippen molar-refractivity contribution >= 4 is 30.2 Å². The lowest BCUT2D eigenvalue weighted by molar-refractivity contribution is -0.138. The molecule has 0 aliphatic carbocycles. The van der Waals surface area contributed by atoms with E-state index in [2.05, 4.69) is 5.32 Å². The van der Waals surface area contributed by atoms with Crippen LogP contribution in [-0.2, 0) is 9.36 Å². The van der Waals surface area contributed by atoms with E-state index in [-0.39, 0.29) is 11.2 Å². The summed E-state index contributed by atoms with van der Waals surface area (Å²) >= 11 is 1.13. The largest absolute Gasteiger partial charge is 0.480 e. The topological polar surface area (TPSA) is 107 Å². The van der Waals surface area contributed by atoms with Gasteiger partial charge in [0.05, 0.1) is 0 Å². The van der Waals surface area contributed by atoms with Crippen LogP contribution in [-0.4, -0.2) is 32.7 Å². The highest BCUT2D eigenvalue weighted by Gasteiger charge is 2.34. The minimum absolute atomic E-state index is 0.211. The number of rotatable bonds is 3. The van der Waals surface area contributed by atoms with Gasteiger partial charge >= 0.3 is 13.6 Å². The van der Waals surface area contributed by atoms with Crippen LogP contribution in [0.4, 0.5) is 0 Å². The highest BCUT2D eigenvalue weighted by molar-refractivity contribution is 8.08. The number of thioether (sulfide) groups is 1. The third-order valence-corrected chi connectivity index (χ3v) is 4.86. The van der Waals surface area contributed by atoms with E-state index < -0.39 is 19.6 Å².